The summed E-state index contributed by atoms with van der Waals surface area (Å²) in [7, 11) is 2.95. The second kappa shape index (κ2) is 10.7. The molecule has 0 radical (unpaired) electrons. The quantitative estimate of drug-likeness (QED) is 0.380. The third kappa shape index (κ3) is 5.57. The molecule has 3 aromatic rings. The largest absolute Gasteiger partial charge is 0.493 e. The fourth-order valence-corrected chi connectivity index (χ4v) is 3.44. The lowest BCUT2D eigenvalue weighted by Crippen LogP contribution is -2.09. The number of nitrogens with zero attached hydrogens (tertiary/aromatic N) is 3. The number of nitrogens with two attached hydrogens (primary N) is 1. The Labute approximate surface area is 188 Å². The normalized spacial score (nSPS) is 10.9. The van der Waals surface area contributed by atoms with Crippen LogP contribution in [0.5, 0.6) is 11.5 Å². The van der Waals surface area contributed by atoms with E-state index in [1.54, 1.807) is 18.0 Å². The van der Waals surface area contributed by atoms with Gasteiger partial charge < -0.3 is 19.9 Å². The standard InChI is InChI=1S/C24H30N4O4/c1-16(2)23-18(15-28(27-23)21-11-10-19(25)14-26-21)8-6-12-32-24-17(13-22(29)31-4)7-5-9-20(24)30-3/h5,7,9-11,14-16H,6,8,12-13,25H2,1-4H3. The molecule has 170 valence electrons. The van der Waals surface area contributed by atoms with E-state index in [-0.39, 0.29) is 18.3 Å². The molecule has 0 spiro atoms. The van der Waals surface area contributed by atoms with E-state index in [2.05, 4.69) is 18.8 Å². The van der Waals surface area contributed by atoms with E-state index in [9.17, 15) is 4.79 Å². The van der Waals surface area contributed by atoms with Crippen LogP contribution in [0.25, 0.3) is 5.82 Å². The SMILES string of the molecule is COC(=O)Cc1cccc(OC)c1OCCCc1cn(-c2ccc(N)cn2)nc1C(C)C. The number of benzene rings is 1. The van der Waals surface area contributed by atoms with Crippen molar-refractivity contribution in [2.45, 2.75) is 39.0 Å². The molecule has 2 heterocycles. The maximum atomic E-state index is 11.7. The summed E-state index contributed by atoms with van der Waals surface area (Å²) in [4.78, 5) is 16.1. The number of carbonyl (C=O) groups excluding carboxylic acids is 1. The summed E-state index contributed by atoms with van der Waals surface area (Å²) in [5, 5.41) is 4.73. The molecule has 32 heavy (non-hydrogen) atoms. The Morgan fingerprint density at radius 2 is 1.97 bits per heavy atom. The number of aromatic nitrogens is 3. The molecule has 0 atom stereocenters. The number of anilines is 1. The Morgan fingerprint density at radius 1 is 1.16 bits per heavy atom. The molecular weight excluding hydrogens is 408 g/mol. The molecule has 0 unspecified atom stereocenters. The van der Waals surface area contributed by atoms with Crippen molar-refractivity contribution < 1.29 is 19.0 Å². The number of methoxy groups -OCH3 is 2. The van der Waals surface area contributed by atoms with E-state index < -0.39 is 0 Å². The molecule has 8 heteroatoms. The van der Waals surface area contributed by atoms with Gasteiger partial charge in [0.1, 0.15) is 0 Å². The van der Waals surface area contributed by atoms with Crippen molar-refractivity contribution in [1.29, 1.82) is 0 Å². The first-order chi connectivity index (χ1) is 15.4. The van der Waals surface area contributed by atoms with Gasteiger partial charge in [-0.25, -0.2) is 9.67 Å². The lowest BCUT2D eigenvalue weighted by molar-refractivity contribution is -0.139. The molecule has 8 nitrogen and oxygen atoms in total. The van der Waals surface area contributed by atoms with Crippen LogP contribution in [0.3, 0.4) is 0 Å². The Bertz CT molecular complexity index is 1040. The van der Waals surface area contributed by atoms with Crippen molar-refractivity contribution in [2.24, 2.45) is 0 Å². The minimum atomic E-state index is -0.326. The van der Waals surface area contributed by atoms with E-state index in [4.69, 9.17) is 25.0 Å². The minimum absolute atomic E-state index is 0.127. The highest BCUT2D eigenvalue weighted by atomic mass is 16.5. The van der Waals surface area contributed by atoms with Crippen LogP contribution in [-0.2, 0) is 22.4 Å². The summed E-state index contributed by atoms with van der Waals surface area (Å²) in [5.74, 6) is 1.85. The Kier molecular flexibility index (Phi) is 7.70. The van der Waals surface area contributed by atoms with Crippen LogP contribution in [0.1, 0.15) is 43.0 Å². The lowest BCUT2D eigenvalue weighted by Gasteiger charge is -2.14. The molecule has 0 amide bonds. The maximum Gasteiger partial charge on any atom is 0.310 e. The molecule has 0 fully saturated rings. The number of ether oxygens (including phenoxy) is 3. The van der Waals surface area contributed by atoms with Gasteiger partial charge in [0.15, 0.2) is 17.3 Å². The van der Waals surface area contributed by atoms with Crippen LogP contribution in [-0.4, -0.2) is 41.6 Å². The Balaban J connectivity index is 1.69. The summed E-state index contributed by atoms with van der Waals surface area (Å²) in [6, 6.07) is 9.15. The monoisotopic (exact) mass is 438 g/mol. The second-order valence-corrected chi connectivity index (χ2v) is 7.74. The van der Waals surface area contributed by atoms with Gasteiger partial charge in [-0.2, -0.15) is 5.10 Å². The topological polar surface area (TPSA) is 101 Å². The van der Waals surface area contributed by atoms with Gasteiger partial charge in [-0.3, -0.25) is 4.79 Å². The summed E-state index contributed by atoms with van der Waals surface area (Å²) >= 11 is 0. The summed E-state index contributed by atoms with van der Waals surface area (Å²) < 4.78 is 18.0. The zero-order valence-electron chi connectivity index (χ0n) is 19.0. The molecule has 0 aliphatic rings. The van der Waals surface area contributed by atoms with Crippen molar-refractivity contribution in [2.75, 3.05) is 26.6 Å². The molecule has 0 aliphatic heterocycles. The number of aryl methyl sites for hydroxylation is 1. The van der Waals surface area contributed by atoms with Crippen LogP contribution in [0.15, 0.2) is 42.7 Å². The number of carbonyl (C=O) groups is 1. The summed E-state index contributed by atoms with van der Waals surface area (Å²) in [6.45, 7) is 4.71. The van der Waals surface area contributed by atoms with Gasteiger partial charge in [0.2, 0.25) is 0 Å². The zero-order chi connectivity index (χ0) is 23.1. The average molecular weight is 439 g/mol. The van der Waals surface area contributed by atoms with Crippen LogP contribution in [0.4, 0.5) is 5.69 Å². The van der Waals surface area contributed by atoms with Gasteiger partial charge in [0.05, 0.1) is 44.8 Å². The predicted octanol–water partition coefficient (Wildman–Crippen LogP) is 3.71. The predicted molar refractivity (Wildman–Crippen MR) is 122 cm³/mol. The third-order valence-corrected chi connectivity index (χ3v) is 5.05. The van der Waals surface area contributed by atoms with E-state index in [1.165, 1.54) is 7.11 Å². The number of hydrogen-bond acceptors (Lipinski definition) is 7. The number of pyridine rings is 1. The Morgan fingerprint density at radius 3 is 2.62 bits per heavy atom. The van der Waals surface area contributed by atoms with Gasteiger partial charge in [0, 0.05) is 11.8 Å². The first kappa shape index (κ1) is 23.1. The van der Waals surface area contributed by atoms with E-state index in [1.807, 2.05) is 36.5 Å². The molecule has 0 bridgehead atoms. The van der Waals surface area contributed by atoms with E-state index in [0.29, 0.717) is 23.8 Å². The first-order valence-electron chi connectivity index (χ1n) is 10.6. The summed E-state index contributed by atoms with van der Waals surface area (Å²) in [6.07, 6.45) is 5.33. The molecule has 0 saturated heterocycles. The fourth-order valence-electron chi connectivity index (χ4n) is 3.44. The molecule has 1 aromatic carbocycles. The smallest absolute Gasteiger partial charge is 0.310 e. The highest BCUT2D eigenvalue weighted by Crippen LogP contribution is 2.32. The van der Waals surface area contributed by atoms with Gasteiger partial charge in [-0.1, -0.05) is 26.0 Å². The van der Waals surface area contributed by atoms with Gasteiger partial charge in [-0.15, -0.1) is 0 Å². The molecule has 3 rings (SSSR count). The average Bonchev–Trinajstić information content (AvgIpc) is 3.22. The number of nitrogen functional groups attached to an aromatic ring is 1. The van der Waals surface area contributed by atoms with E-state index in [0.717, 1.165) is 35.5 Å². The third-order valence-electron chi connectivity index (χ3n) is 5.05. The molecule has 2 aromatic heterocycles. The lowest BCUT2D eigenvalue weighted by atomic mass is 10.0. The molecule has 0 saturated carbocycles. The van der Waals surface area contributed by atoms with Crippen LogP contribution >= 0.6 is 0 Å². The van der Waals surface area contributed by atoms with Crippen LogP contribution in [0, 0.1) is 0 Å². The van der Waals surface area contributed by atoms with Crippen molar-refractivity contribution in [1.82, 2.24) is 14.8 Å². The van der Waals surface area contributed by atoms with Crippen molar-refractivity contribution in [3.8, 4) is 17.3 Å². The molecular formula is C24H30N4O4. The van der Waals surface area contributed by atoms with Crippen molar-refractivity contribution >= 4 is 11.7 Å². The number of para-hydroxylation sites is 1. The minimum Gasteiger partial charge on any atom is -0.493 e. The highest BCUT2D eigenvalue weighted by Gasteiger charge is 2.16. The summed E-state index contributed by atoms with van der Waals surface area (Å²) in [5.41, 5.74) is 9.28. The number of hydrogen-bond donors (Lipinski definition) is 1. The first-order valence-corrected chi connectivity index (χ1v) is 10.6. The number of esters is 1. The second-order valence-electron chi connectivity index (χ2n) is 7.74. The number of rotatable bonds is 10. The molecule has 0 aliphatic carbocycles. The van der Waals surface area contributed by atoms with Gasteiger partial charge >= 0.3 is 5.97 Å². The molecule has 2 N–H and O–H groups in total. The highest BCUT2D eigenvalue weighted by molar-refractivity contribution is 5.74. The zero-order valence-corrected chi connectivity index (χ0v) is 19.0. The fraction of sp³-hybridized carbons (Fsp3) is 0.375. The van der Waals surface area contributed by atoms with Crippen LogP contribution < -0.4 is 15.2 Å². The van der Waals surface area contributed by atoms with E-state index >= 15 is 0 Å². The van der Waals surface area contributed by atoms with Gasteiger partial charge in [-0.05, 0) is 42.5 Å². The van der Waals surface area contributed by atoms with Crippen LogP contribution in [0.2, 0.25) is 0 Å². The van der Waals surface area contributed by atoms with Crippen molar-refractivity contribution in [3.63, 3.8) is 0 Å². The van der Waals surface area contributed by atoms with Gasteiger partial charge in [0.25, 0.3) is 0 Å². The maximum absolute atomic E-state index is 11.7. The van der Waals surface area contributed by atoms with Crippen molar-refractivity contribution in [3.05, 3.63) is 59.5 Å². The Hall–Kier alpha value is -3.55.